The van der Waals surface area contributed by atoms with Crippen molar-refractivity contribution < 1.29 is 18.7 Å². The third-order valence-electron chi connectivity index (χ3n) is 7.59. The highest BCUT2D eigenvalue weighted by atomic mass is 35.5. The van der Waals surface area contributed by atoms with Crippen LogP contribution in [0.15, 0.2) is 58.5 Å². The molecule has 3 aromatic rings. The van der Waals surface area contributed by atoms with Crippen molar-refractivity contribution in [3.8, 4) is 23.1 Å². The maximum Gasteiger partial charge on any atom is 0.271 e. The third kappa shape index (κ3) is 7.05. The normalized spacial score (nSPS) is 19.2. The summed E-state index contributed by atoms with van der Waals surface area (Å²) in [5, 5.41) is 20.2. The van der Waals surface area contributed by atoms with Crippen LogP contribution in [0, 0.1) is 11.3 Å². The number of nitrogens with zero attached hydrogens (tertiary/aromatic N) is 7. The van der Waals surface area contributed by atoms with Gasteiger partial charge in [-0.25, -0.2) is 13.9 Å². The molecule has 1 atom stereocenters. The molecule has 230 valence electrons. The molecule has 3 aromatic heterocycles. The van der Waals surface area contributed by atoms with E-state index in [1.54, 1.807) is 23.1 Å². The van der Waals surface area contributed by atoms with Crippen molar-refractivity contribution in [2.45, 2.75) is 38.3 Å². The van der Waals surface area contributed by atoms with Crippen LogP contribution in [-0.4, -0.2) is 83.2 Å². The summed E-state index contributed by atoms with van der Waals surface area (Å²) in [4.78, 5) is 28.0. The number of fused-ring (bicyclic) bond motifs is 1. The number of hydrogen-bond donors (Lipinski definition) is 2. The summed E-state index contributed by atoms with van der Waals surface area (Å²) in [6.07, 6.45) is 8.81. The van der Waals surface area contributed by atoms with Crippen molar-refractivity contribution in [2.75, 3.05) is 44.3 Å². The molecule has 0 spiro atoms. The predicted molar refractivity (Wildman–Crippen MR) is 164 cm³/mol. The number of pyridine rings is 1. The van der Waals surface area contributed by atoms with Crippen molar-refractivity contribution in [3.63, 3.8) is 0 Å². The first-order chi connectivity index (χ1) is 21.2. The Balaban J connectivity index is 1.29. The summed E-state index contributed by atoms with van der Waals surface area (Å²) in [6.45, 7) is 10.3. The molecule has 44 heavy (non-hydrogen) atoms. The highest BCUT2D eigenvalue weighted by Crippen LogP contribution is 2.31. The molecule has 2 aliphatic rings. The summed E-state index contributed by atoms with van der Waals surface area (Å²) in [6, 6.07) is 4.03. The number of halogens is 2. The lowest BCUT2D eigenvalue weighted by Crippen LogP contribution is -2.53. The molecule has 5 heterocycles. The highest BCUT2D eigenvalue weighted by molar-refractivity contribution is 6.33. The number of anilines is 1. The molecule has 2 aliphatic heterocycles. The molecule has 0 bridgehead atoms. The van der Waals surface area contributed by atoms with E-state index in [0.717, 1.165) is 12.6 Å². The van der Waals surface area contributed by atoms with Crippen LogP contribution in [0.5, 0.6) is 5.75 Å². The van der Waals surface area contributed by atoms with E-state index in [0.29, 0.717) is 79.6 Å². The maximum absolute atomic E-state index is 13.3. The second kappa shape index (κ2) is 13.5. The minimum Gasteiger partial charge on any atom is -0.489 e. The average Bonchev–Trinajstić information content (AvgIpc) is 3.44. The van der Waals surface area contributed by atoms with Gasteiger partial charge in [-0.1, -0.05) is 11.6 Å². The van der Waals surface area contributed by atoms with Gasteiger partial charge in [0.15, 0.2) is 0 Å². The van der Waals surface area contributed by atoms with E-state index >= 15 is 0 Å². The first-order valence-corrected chi connectivity index (χ1v) is 14.5. The summed E-state index contributed by atoms with van der Waals surface area (Å²) >= 11 is 6.07. The molecule has 0 unspecified atom stereocenters. The average molecular weight is 622 g/mol. The number of rotatable bonds is 9. The van der Waals surface area contributed by atoms with E-state index in [-0.39, 0.29) is 16.8 Å². The van der Waals surface area contributed by atoms with Gasteiger partial charge in [0, 0.05) is 37.3 Å². The predicted octanol–water partition coefficient (Wildman–Crippen LogP) is 3.53. The van der Waals surface area contributed by atoms with Gasteiger partial charge in [0.2, 0.25) is 0 Å². The number of aliphatic imine (C=N–C) groups is 1. The van der Waals surface area contributed by atoms with Crippen LogP contribution < -0.4 is 20.3 Å². The Hall–Kier alpha value is -4.38. The Morgan fingerprint density at radius 2 is 2.18 bits per heavy atom. The van der Waals surface area contributed by atoms with E-state index in [1.807, 2.05) is 13.0 Å². The number of nitrogens with one attached hydrogen (secondary N) is 2. The van der Waals surface area contributed by atoms with Gasteiger partial charge >= 0.3 is 0 Å². The van der Waals surface area contributed by atoms with Crippen molar-refractivity contribution in [1.29, 1.82) is 5.26 Å². The number of allylic oxidation sites excluding steroid dienone is 3. The van der Waals surface area contributed by atoms with Crippen LogP contribution in [0.1, 0.15) is 32.3 Å². The molecule has 1 amide bonds. The van der Waals surface area contributed by atoms with Crippen molar-refractivity contribution in [2.24, 2.45) is 4.99 Å². The van der Waals surface area contributed by atoms with E-state index < -0.39 is 17.3 Å². The van der Waals surface area contributed by atoms with Crippen molar-refractivity contribution in [3.05, 3.63) is 59.0 Å². The Bertz CT molecular complexity index is 1630. The van der Waals surface area contributed by atoms with E-state index in [4.69, 9.17) is 26.1 Å². The van der Waals surface area contributed by atoms with Gasteiger partial charge in [0.25, 0.3) is 5.91 Å². The van der Waals surface area contributed by atoms with Crippen LogP contribution >= 0.6 is 11.6 Å². The molecule has 2 N–H and O–H groups in total. The topological polar surface area (TPSA) is 142 Å². The van der Waals surface area contributed by atoms with Crippen molar-refractivity contribution in [1.82, 2.24) is 30.2 Å². The number of carbonyl (C=O) groups is 1. The lowest BCUT2D eigenvalue weighted by Gasteiger charge is -2.40. The van der Waals surface area contributed by atoms with E-state index in [2.05, 4.69) is 43.4 Å². The number of amides is 1. The van der Waals surface area contributed by atoms with Gasteiger partial charge in [-0.3, -0.25) is 14.8 Å². The summed E-state index contributed by atoms with van der Waals surface area (Å²) < 4.78 is 26.7. The van der Waals surface area contributed by atoms with E-state index in [1.165, 1.54) is 13.1 Å². The van der Waals surface area contributed by atoms with Crippen LogP contribution in [0.4, 0.5) is 10.2 Å². The van der Waals surface area contributed by atoms with E-state index in [9.17, 15) is 14.4 Å². The minimum absolute atomic E-state index is 0.0632. The Kier molecular flexibility index (Phi) is 9.53. The lowest BCUT2D eigenvalue weighted by molar-refractivity contribution is -0.119. The van der Waals surface area contributed by atoms with Crippen molar-refractivity contribution >= 4 is 35.6 Å². The second-order valence-electron chi connectivity index (χ2n) is 10.9. The zero-order valence-electron chi connectivity index (χ0n) is 24.5. The third-order valence-corrected chi connectivity index (χ3v) is 7.88. The maximum atomic E-state index is 13.3. The number of hydrogen-bond acceptors (Lipinski definition) is 10. The summed E-state index contributed by atoms with van der Waals surface area (Å²) in [5.41, 5.74) is 1.59. The number of morpholine rings is 1. The molecular weight excluding hydrogens is 589 g/mol. The quantitative estimate of drug-likeness (QED) is 0.208. The number of nitriles is 1. The molecule has 0 radical (unpaired) electrons. The SMILES string of the molecule is C=N/C(C(=O)NC1(C)CCN(c2cnc(-c3cc(OC[C@H]4CNCCO4)cn4ncc(C#N)c34)cn2)CC1)=C(Cl)\C=C(/C)F. The van der Waals surface area contributed by atoms with Gasteiger partial charge < -0.3 is 25.0 Å². The fourth-order valence-electron chi connectivity index (χ4n) is 5.18. The molecular formula is C30H33ClFN9O3. The number of ether oxygens (including phenoxy) is 2. The standard InChI is InChI=1S/C30H33ClFN9O3/c1-19(32)10-24(31)27(34-3)29(42)39-30(2)4-7-40(8-5-30)26-16-36-25(15-37-26)23-11-21(44-18-22-14-35-6-9-43-22)17-41-28(23)20(12-33)13-38-41/h10-11,13,15-17,22,35H,3-9,14,18H2,1-2H3,(H,39,42)/b19-10+,27-24+/t22-/m1/s1. The monoisotopic (exact) mass is 621 g/mol. The summed E-state index contributed by atoms with van der Waals surface area (Å²) in [5.74, 6) is 0.194. The molecule has 12 nitrogen and oxygen atoms in total. The first kappa shape index (κ1) is 31.1. The molecule has 0 aliphatic carbocycles. The fourth-order valence-corrected chi connectivity index (χ4v) is 5.47. The Labute approximate surface area is 259 Å². The van der Waals surface area contributed by atoms with Gasteiger partial charge in [-0.05, 0) is 45.5 Å². The number of aromatic nitrogens is 4. The fraction of sp³-hybridized carbons (Fsp3) is 0.400. The van der Waals surface area contributed by atoms with Gasteiger partial charge in [0.05, 0.1) is 59.0 Å². The Morgan fingerprint density at radius 1 is 1.39 bits per heavy atom. The Morgan fingerprint density at radius 3 is 2.82 bits per heavy atom. The van der Waals surface area contributed by atoms with Gasteiger partial charge in [0.1, 0.15) is 36.0 Å². The smallest absolute Gasteiger partial charge is 0.271 e. The van der Waals surface area contributed by atoms with Crippen LogP contribution in [0.25, 0.3) is 16.8 Å². The second-order valence-corrected chi connectivity index (χ2v) is 11.3. The number of piperidine rings is 1. The van der Waals surface area contributed by atoms with Gasteiger partial charge in [-0.2, -0.15) is 10.4 Å². The molecule has 5 rings (SSSR count). The minimum atomic E-state index is -0.542. The van der Waals surface area contributed by atoms with Crippen LogP contribution in [0.3, 0.4) is 0 Å². The molecule has 2 saturated heterocycles. The van der Waals surface area contributed by atoms with Crippen LogP contribution in [-0.2, 0) is 9.53 Å². The van der Waals surface area contributed by atoms with Crippen LogP contribution in [0.2, 0.25) is 0 Å². The zero-order valence-corrected chi connectivity index (χ0v) is 25.3. The highest BCUT2D eigenvalue weighted by Gasteiger charge is 2.33. The lowest BCUT2D eigenvalue weighted by atomic mass is 9.89. The molecule has 0 aromatic carbocycles. The molecule has 0 saturated carbocycles. The largest absolute Gasteiger partial charge is 0.489 e. The molecule has 14 heteroatoms. The number of carbonyl (C=O) groups excluding carboxylic acids is 1. The molecule has 2 fully saturated rings. The first-order valence-electron chi connectivity index (χ1n) is 14.2. The zero-order chi connectivity index (χ0) is 31.3. The summed E-state index contributed by atoms with van der Waals surface area (Å²) in [7, 11) is 0. The van der Waals surface area contributed by atoms with Gasteiger partial charge in [-0.15, -0.1) is 0 Å².